The van der Waals surface area contributed by atoms with Crippen molar-refractivity contribution in [2.75, 3.05) is 11.4 Å². The lowest BCUT2D eigenvalue weighted by molar-refractivity contribution is 0.665. The van der Waals surface area contributed by atoms with E-state index in [9.17, 15) is 0 Å². The smallest absolute Gasteiger partial charge is 0.160 e. The Balaban J connectivity index is 1.81. The molecule has 19 heavy (non-hydrogen) atoms. The van der Waals surface area contributed by atoms with E-state index in [4.69, 9.17) is 0 Å². The third-order valence-corrected chi connectivity index (χ3v) is 3.50. The van der Waals surface area contributed by atoms with Gasteiger partial charge in [0.1, 0.15) is 24.3 Å². The summed E-state index contributed by atoms with van der Waals surface area (Å²) in [6.07, 6.45) is 7.01. The van der Waals surface area contributed by atoms with Gasteiger partial charge in [-0.15, -0.1) is 0 Å². The van der Waals surface area contributed by atoms with E-state index in [2.05, 4.69) is 40.2 Å². The molecule has 3 aromatic rings. The Bertz CT molecular complexity index is 688. The maximum atomic E-state index is 4.41. The van der Waals surface area contributed by atoms with Gasteiger partial charge < -0.3 is 4.90 Å². The Hall–Kier alpha value is -2.51. The second-order valence-corrected chi connectivity index (χ2v) is 4.55. The first kappa shape index (κ1) is 10.4. The summed E-state index contributed by atoms with van der Waals surface area (Å²) in [5.74, 6) is 1.78. The van der Waals surface area contributed by atoms with Gasteiger partial charge in [0.2, 0.25) is 0 Å². The largest absolute Gasteiger partial charge is 0.346 e. The molecule has 1 atom stereocenters. The lowest BCUT2D eigenvalue weighted by Gasteiger charge is -2.24. The number of rotatable bonds is 2. The Labute approximate surface area is 108 Å². The first-order valence-corrected chi connectivity index (χ1v) is 6.19. The number of nitrogens with zero attached hydrogens (tertiary/aromatic N) is 6. The Kier molecular flexibility index (Phi) is 2.20. The van der Waals surface area contributed by atoms with Crippen molar-refractivity contribution in [3.05, 3.63) is 24.7 Å². The summed E-state index contributed by atoms with van der Waals surface area (Å²) in [5.41, 5.74) is 0.758. The van der Waals surface area contributed by atoms with E-state index in [0.717, 1.165) is 42.1 Å². The van der Waals surface area contributed by atoms with Crippen molar-refractivity contribution in [2.45, 2.75) is 18.9 Å². The highest BCUT2D eigenvalue weighted by Gasteiger charge is 2.30. The third kappa shape index (κ3) is 1.56. The molecule has 2 N–H and O–H groups in total. The molecule has 1 aliphatic heterocycles. The fourth-order valence-corrected chi connectivity index (χ4v) is 2.66. The number of anilines is 1. The second kappa shape index (κ2) is 4.01. The molecule has 8 heteroatoms. The molecule has 0 aliphatic carbocycles. The maximum absolute atomic E-state index is 4.41. The van der Waals surface area contributed by atoms with Crippen LogP contribution in [-0.2, 0) is 0 Å². The van der Waals surface area contributed by atoms with Crippen LogP contribution in [0.25, 0.3) is 11.0 Å². The van der Waals surface area contributed by atoms with Crippen molar-refractivity contribution >= 4 is 16.9 Å². The molecular formula is C11H12N8. The van der Waals surface area contributed by atoms with Crippen LogP contribution in [0.5, 0.6) is 0 Å². The zero-order chi connectivity index (χ0) is 12.7. The molecule has 0 spiro atoms. The molecule has 4 heterocycles. The summed E-state index contributed by atoms with van der Waals surface area (Å²) in [4.78, 5) is 15.1. The van der Waals surface area contributed by atoms with Crippen LogP contribution in [0.15, 0.2) is 18.9 Å². The van der Waals surface area contributed by atoms with E-state index in [1.165, 1.54) is 0 Å². The Morgan fingerprint density at radius 2 is 2.11 bits per heavy atom. The molecular weight excluding hydrogens is 244 g/mol. The molecule has 0 aromatic carbocycles. The number of H-pyrrole nitrogens is 2. The van der Waals surface area contributed by atoms with Crippen molar-refractivity contribution in [3.8, 4) is 0 Å². The summed E-state index contributed by atoms with van der Waals surface area (Å²) in [6.45, 7) is 0.947. The minimum absolute atomic E-state index is 0.190. The predicted octanol–water partition coefficient (Wildman–Crippen LogP) is 0.812. The third-order valence-electron chi connectivity index (χ3n) is 3.50. The van der Waals surface area contributed by atoms with Crippen LogP contribution in [0, 0.1) is 0 Å². The standard InChI is InChI=1S/C11H12N8/c1-2-8(10-13-6-16-18-10)19(3-1)11-7-4-15-17-9(7)12-5-14-11/h4-6,8H,1-3H2,(H,13,16,18)(H,12,14,15,17)/t8-/m0/s1. The average molecular weight is 256 g/mol. The first-order valence-electron chi connectivity index (χ1n) is 6.19. The SMILES string of the molecule is c1n[nH]c([C@@H]2CCCN2c2ncnc3[nH]ncc23)n1. The summed E-state index contributed by atoms with van der Waals surface area (Å²) < 4.78 is 0. The molecule has 0 amide bonds. The van der Waals surface area contributed by atoms with E-state index in [-0.39, 0.29) is 6.04 Å². The fraction of sp³-hybridized carbons (Fsp3) is 0.364. The lowest BCUT2D eigenvalue weighted by atomic mass is 10.2. The van der Waals surface area contributed by atoms with Gasteiger partial charge in [-0.05, 0) is 12.8 Å². The molecule has 0 saturated carbocycles. The number of aromatic amines is 2. The molecule has 3 aromatic heterocycles. The zero-order valence-electron chi connectivity index (χ0n) is 10.1. The van der Waals surface area contributed by atoms with Crippen LogP contribution in [0.4, 0.5) is 5.82 Å². The number of hydrogen-bond acceptors (Lipinski definition) is 6. The normalized spacial score (nSPS) is 19.4. The molecule has 0 unspecified atom stereocenters. The summed E-state index contributed by atoms with van der Waals surface area (Å²) >= 11 is 0. The van der Waals surface area contributed by atoms with Gasteiger partial charge in [0.15, 0.2) is 5.65 Å². The van der Waals surface area contributed by atoms with Crippen molar-refractivity contribution in [1.29, 1.82) is 0 Å². The first-order chi connectivity index (χ1) is 9.43. The van der Waals surface area contributed by atoms with Crippen molar-refractivity contribution in [2.24, 2.45) is 0 Å². The lowest BCUT2D eigenvalue weighted by Crippen LogP contribution is -2.24. The monoisotopic (exact) mass is 256 g/mol. The van der Waals surface area contributed by atoms with Crippen molar-refractivity contribution in [3.63, 3.8) is 0 Å². The Morgan fingerprint density at radius 1 is 1.11 bits per heavy atom. The molecule has 8 nitrogen and oxygen atoms in total. The van der Waals surface area contributed by atoms with E-state index in [0.29, 0.717) is 0 Å². The van der Waals surface area contributed by atoms with Crippen LogP contribution < -0.4 is 4.90 Å². The molecule has 1 saturated heterocycles. The van der Waals surface area contributed by atoms with Gasteiger partial charge in [0.25, 0.3) is 0 Å². The van der Waals surface area contributed by atoms with E-state index in [1.54, 1.807) is 18.9 Å². The van der Waals surface area contributed by atoms with Gasteiger partial charge in [-0.1, -0.05) is 0 Å². The van der Waals surface area contributed by atoms with E-state index >= 15 is 0 Å². The number of hydrogen-bond donors (Lipinski definition) is 2. The number of nitrogens with one attached hydrogen (secondary N) is 2. The van der Waals surface area contributed by atoms with E-state index < -0.39 is 0 Å². The van der Waals surface area contributed by atoms with Gasteiger partial charge >= 0.3 is 0 Å². The highest BCUT2D eigenvalue weighted by molar-refractivity contribution is 5.86. The predicted molar refractivity (Wildman–Crippen MR) is 67.4 cm³/mol. The van der Waals surface area contributed by atoms with Crippen molar-refractivity contribution < 1.29 is 0 Å². The van der Waals surface area contributed by atoms with Gasteiger partial charge in [-0.25, -0.2) is 15.0 Å². The van der Waals surface area contributed by atoms with Crippen LogP contribution in [0.1, 0.15) is 24.7 Å². The molecule has 1 aliphatic rings. The molecule has 96 valence electrons. The second-order valence-electron chi connectivity index (χ2n) is 4.55. The van der Waals surface area contributed by atoms with Gasteiger partial charge in [-0.2, -0.15) is 10.2 Å². The zero-order valence-corrected chi connectivity index (χ0v) is 10.1. The number of aromatic nitrogens is 7. The highest BCUT2D eigenvalue weighted by atomic mass is 15.3. The van der Waals surface area contributed by atoms with E-state index in [1.807, 2.05) is 0 Å². The highest BCUT2D eigenvalue weighted by Crippen LogP contribution is 2.35. The maximum Gasteiger partial charge on any atom is 0.160 e. The van der Waals surface area contributed by atoms with Crippen molar-refractivity contribution in [1.82, 2.24) is 35.3 Å². The van der Waals surface area contributed by atoms with Gasteiger partial charge in [0.05, 0.1) is 17.6 Å². The summed E-state index contributed by atoms with van der Waals surface area (Å²) in [7, 11) is 0. The van der Waals surface area contributed by atoms with Crippen LogP contribution >= 0.6 is 0 Å². The minimum Gasteiger partial charge on any atom is -0.346 e. The summed E-state index contributed by atoms with van der Waals surface area (Å²) in [5, 5.41) is 14.7. The molecule has 4 rings (SSSR count). The molecule has 0 bridgehead atoms. The van der Waals surface area contributed by atoms with Crippen LogP contribution in [0.2, 0.25) is 0 Å². The fourth-order valence-electron chi connectivity index (χ4n) is 2.66. The molecule has 1 fully saturated rings. The topological polar surface area (TPSA) is 99.3 Å². The Morgan fingerprint density at radius 3 is 3.00 bits per heavy atom. The van der Waals surface area contributed by atoms with Gasteiger partial charge in [-0.3, -0.25) is 10.2 Å². The summed E-state index contributed by atoms with van der Waals surface area (Å²) in [6, 6.07) is 0.190. The van der Waals surface area contributed by atoms with Gasteiger partial charge in [0, 0.05) is 6.54 Å². The minimum atomic E-state index is 0.190. The van der Waals surface area contributed by atoms with Crippen LogP contribution in [-0.4, -0.2) is 41.9 Å². The van der Waals surface area contributed by atoms with Crippen LogP contribution in [0.3, 0.4) is 0 Å². The quantitative estimate of drug-likeness (QED) is 0.704. The molecule has 0 radical (unpaired) electrons. The average Bonchev–Trinajstić information content (AvgIpc) is 3.18. The number of fused-ring (bicyclic) bond motifs is 1.